The van der Waals surface area contributed by atoms with Gasteiger partial charge in [-0.3, -0.25) is 5.32 Å². The summed E-state index contributed by atoms with van der Waals surface area (Å²) in [4.78, 5) is 0. The standard InChI is InChI=1S/C6H13IN/c1-6(7)4-2-3-5-8-6/h7-8H,2-5H2,1H3/q+1. The van der Waals surface area contributed by atoms with Crippen LogP contribution in [0.15, 0.2) is 0 Å². The normalized spacial score (nSPS) is 39.8. The Morgan fingerprint density at radius 2 is 2.25 bits per heavy atom. The summed E-state index contributed by atoms with van der Waals surface area (Å²) < 4.78 is 0.439. The minimum atomic E-state index is 0.439. The van der Waals surface area contributed by atoms with Crippen LogP contribution < -0.4 is 27.9 Å². The van der Waals surface area contributed by atoms with Crippen LogP contribution in [0, 0.1) is 0 Å². The van der Waals surface area contributed by atoms with Crippen LogP contribution in [0.1, 0.15) is 26.2 Å². The molecule has 1 fully saturated rings. The summed E-state index contributed by atoms with van der Waals surface area (Å²) in [6, 6.07) is 0. The smallest absolute Gasteiger partial charge is 0.272 e. The summed E-state index contributed by atoms with van der Waals surface area (Å²) in [6.07, 6.45) is 4.12. The molecule has 0 aromatic carbocycles. The lowest BCUT2D eigenvalue weighted by atomic mass is 10.1. The quantitative estimate of drug-likeness (QED) is 0.280. The average molecular weight is 226 g/mol. The molecule has 1 heterocycles. The van der Waals surface area contributed by atoms with E-state index in [1.807, 2.05) is 0 Å². The number of hydrogen-bond donors (Lipinski definition) is 1. The Labute approximate surface area is 64.4 Å². The van der Waals surface area contributed by atoms with Crippen molar-refractivity contribution in [1.29, 1.82) is 0 Å². The van der Waals surface area contributed by atoms with E-state index < -0.39 is 0 Å². The van der Waals surface area contributed by atoms with Crippen LogP contribution >= 0.6 is 0 Å². The predicted octanol–water partition coefficient (Wildman–Crippen LogP) is -2.24. The van der Waals surface area contributed by atoms with Crippen molar-refractivity contribution >= 4 is 0 Å². The highest BCUT2D eigenvalue weighted by atomic mass is 127. The molecule has 1 aliphatic heterocycles. The van der Waals surface area contributed by atoms with Crippen LogP contribution in [0.3, 0.4) is 0 Å². The lowest BCUT2D eigenvalue weighted by Gasteiger charge is -2.21. The van der Waals surface area contributed by atoms with Crippen molar-refractivity contribution < 1.29 is 22.6 Å². The molecular formula is C6H13IN+. The van der Waals surface area contributed by atoms with Crippen molar-refractivity contribution in [1.82, 2.24) is 5.32 Å². The van der Waals surface area contributed by atoms with Gasteiger partial charge in [-0.1, -0.05) is 0 Å². The maximum Gasteiger partial charge on any atom is 0.276 e. The summed E-state index contributed by atoms with van der Waals surface area (Å²) >= 11 is 2.20. The molecule has 1 nitrogen and oxygen atoms in total. The van der Waals surface area contributed by atoms with E-state index in [1.54, 1.807) is 0 Å². The summed E-state index contributed by atoms with van der Waals surface area (Å²) in [5.74, 6) is 0. The van der Waals surface area contributed by atoms with Crippen molar-refractivity contribution in [3.8, 4) is 0 Å². The number of hydrogen-bond acceptors (Lipinski definition) is 1. The third-order valence-electron chi connectivity index (χ3n) is 1.58. The molecule has 48 valence electrons. The molecule has 2 heteroatoms. The molecule has 1 rings (SSSR count). The molecule has 0 amide bonds. The van der Waals surface area contributed by atoms with E-state index in [2.05, 4.69) is 34.8 Å². The second-order valence-electron chi connectivity index (χ2n) is 2.61. The first-order chi connectivity index (χ1) is 3.71. The van der Waals surface area contributed by atoms with Crippen molar-refractivity contribution in [3.05, 3.63) is 0 Å². The molecule has 1 unspecified atom stereocenters. The van der Waals surface area contributed by atoms with Crippen LogP contribution in [-0.2, 0) is 0 Å². The number of halogens is 1. The van der Waals surface area contributed by atoms with Crippen LogP contribution in [-0.4, -0.2) is 10.1 Å². The minimum absolute atomic E-state index is 0.439. The lowest BCUT2D eigenvalue weighted by molar-refractivity contribution is -0.486. The van der Waals surface area contributed by atoms with E-state index in [9.17, 15) is 0 Å². The first-order valence-corrected chi connectivity index (χ1v) is 4.33. The molecule has 0 saturated carbocycles. The topological polar surface area (TPSA) is 12.0 Å². The van der Waals surface area contributed by atoms with Gasteiger partial charge in [0.05, 0.1) is 0 Å². The van der Waals surface area contributed by atoms with Gasteiger partial charge in [0.15, 0.2) is 0 Å². The molecule has 0 radical (unpaired) electrons. The van der Waals surface area contributed by atoms with E-state index in [-0.39, 0.29) is 0 Å². The summed E-state index contributed by atoms with van der Waals surface area (Å²) in [5.41, 5.74) is 0. The zero-order chi connectivity index (χ0) is 6.04. The Balaban J connectivity index is 2.33. The van der Waals surface area contributed by atoms with Gasteiger partial charge in [-0.05, 0) is 26.3 Å². The van der Waals surface area contributed by atoms with Gasteiger partial charge in [0.2, 0.25) is 3.55 Å². The van der Waals surface area contributed by atoms with Gasteiger partial charge in [0.1, 0.15) is 0 Å². The largest absolute Gasteiger partial charge is 0.276 e. The predicted molar refractivity (Wildman–Crippen MR) is 31.7 cm³/mol. The van der Waals surface area contributed by atoms with Gasteiger partial charge < -0.3 is 0 Å². The van der Waals surface area contributed by atoms with E-state index in [1.165, 1.54) is 25.8 Å². The maximum absolute atomic E-state index is 3.46. The van der Waals surface area contributed by atoms with Gasteiger partial charge in [0, 0.05) is 6.42 Å². The SMILES string of the molecule is CC1([IH+])CCCCN1. The first kappa shape index (κ1) is 6.81. The third-order valence-corrected chi connectivity index (χ3v) is 2.57. The van der Waals surface area contributed by atoms with Crippen LogP contribution in [0.25, 0.3) is 0 Å². The summed E-state index contributed by atoms with van der Waals surface area (Å²) in [6.45, 7) is 3.49. The highest BCUT2D eigenvalue weighted by molar-refractivity contribution is 4.72. The molecular weight excluding hydrogens is 213 g/mol. The van der Waals surface area contributed by atoms with Crippen molar-refractivity contribution in [2.45, 2.75) is 29.7 Å². The van der Waals surface area contributed by atoms with Gasteiger partial charge >= 0.3 is 0 Å². The van der Waals surface area contributed by atoms with Gasteiger partial charge in [-0.2, -0.15) is 0 Å². The number of nitrogens with one attached hydrogen (secondary N) is 1. The Bertz CT molecular complexity index is 72.6. The van der Waals surface area contributed by atoms with Crippen LogP contribution in [0.4, 0.5) is 0 Å². The van der Waals surface area contributed by atoms with E-state index in [4.69, 9.17) is 0 Å². The summed E-state index contributed by atoms with van der Waals surface area (Å²) in [5, 5.41) is 3.46. The molecule has 0 bridgehead atoms. The van der Waals surface area contributed by atoms with Crippen LogP contribution in [0.5, 0.6) is 0 Å². The zero-order valence-electron chi connectivity index (χ0n) is 5.24. The first-order valence-electron chi connectivity index (χ1n) is 3.16. The Kier molecular flexibility index (Phi) is 2.14. The van der Waals surface area contributed by atoms with E-state index >= 15 is 0 Å². The average Bonchev–Trinajstić information content (AvgIpc) is 1.65. The van der Waals surface area contributed by atoms with Crippen LogP contribution in [0.2, 0.25) is 0 Å². The van der Waals surface area contributed by atoms with Gasteiger partial charge in [-0.25, -0.2) is 0 Å². The minimum Gasteiger partial charge on any atom is -0.272 e. The van der Waals surface area contributed by atoms with Crippen molar-refractivity contribution in [2.75, 3.05) is 6.54 Å². The Morgan fingerprint density at radius 1 is 1.50 bits per heavy atom. The molecule has 0 aliphatic carbocycles. The Hall–Kier alpha value is 0.690. The third kappa shape index (κ3) is 1.90. The zero-order valence-corrected chi connectivity index (χ0v) is 7.57. The molecule has 0 aromatic heterocycles. The lowest BCUT2D eigenvalue weighted by Crippen LogP contribution is -3.44. The molecule has 1 N–H and O–H groups in total. The fraction of sp³-hybridized carbons (Fsp3) is 1.00. The number of piperidine rings is 1. The van der Waals surface area contributed by atoms with Gasteiger partial charge in [-0.15, -0.1) is 0 Å². The maximum atomic E-state index is 3.46. The monoisotopic (exact) mass is 226 g/mol. The highest BCUT2D eigenvalue weighted by Crippen LogP contribution is 2.08. The second kappa shape index (κ2) is 2.52. The van der Waals surface area contributed by atoms with E-state index in [0.717, 1.165) is 0 Å². The molecule has 0 spiro atoms. The summed E-state index contributed by atoms with van der Waals surface area (Å²) in [7, 11) is 0. The van der Waals surface area contributed by atoms with Crippen molar-refractivity contribution in [3.63, 3.8) is 0 Å². The Morgan fingerprint density at radius 3 is 2.50 bits per heavy atom. The highest BCUT2D eigenvalue weighted by Gasteiger charge is 2.30. The van der Waals surface area contributed by atoms with E-state index in [0.29, 0.717) is 3.55 Å². The molecule has 8 heavy (non-hydrogen) atoms. The fourth-order valence-corrected chi connectivity index (χ4v) is 1.73. The fourth-order valence-electron chi connectivity index (χ4n) is 1.03. The molecule has 1 atom stereocenters. The number of rotatable bonds is 0. The number of alkyl halides is 1. The van der Waals surface area contributed by atoms with Gasteiger partial charge in [0.25, 0.3) is 22.6 Å². The molecule has 1 saturated heterocycles. The molecule has 0 aromatic rings. The molecule has 1 aliphatic rings. The second-order valence-corrected chi connectivity index (χ2v) is 5.19. The van der Waals surface area contributed by atoms with Crippen molar-refractivity contribution in [2.24, 2.45) is 0 Å².